The van der Waals surface area contributed by atoms with Crippen LogP contribution in [0.1, 0.15) is 16.9 Å². The van der Waals surface area contributed by atoms with E-state index in [0.717, 1.165) is 29.4 Å². The highest BCUT2D eigenvalue weighted by atomic mass is 32.1. The summed E-state index contributed by atoms with van der Waals surface area (Å²) in [5, 5.41) is 13.8. The largest absolute Gasteiger partial charge is 0.310 e. The zero-order valence-corrected chi connectivity index (χ0v) is 14.1. The predicted octanol–water partition coefficient (Wildman–Crippen LogP) is 2.52. The Morgan fingerprint density at radius 1 is 1.38 bits per heavy atom. The van der Waals surface area contributed by atoms with Gasteiger partial charge in [0.05, 0.1) is 11.6 Å². The Kier molecular flexibility index (Phi) is 3.13. The number of hydrogen-bond donors (Lipinski definition) is 2. The molecule has 1 unspecified atom stereocenters. The molecular formula is C18H18N4OS. The average molecular weight is 338 g/mol. The molecule has 5 nitrogen and oxygen atoms in total. The van der Waals surface area contributed by atoms with Crippen LogP contribution in [0.15, 0.2) is 35.7 Å². The van der Waals surface area contributed by atoms with E-state index in [1.807, 2.05) is 12.1 Å². The molecule has 2 aromatic heterocycles. The van der Waals surface area contributed by atoms with Gasteiger partial charge in [-0.05, 0) is 42.6 Å². The predicted molar refractivity (Wildman–Crippen MR) is 95.5 cm³/mol. The standard InChI is InChI=1S/C18H18N4OS/c1-22-11-8-14(19-9-11)17(22)18(23)16-12-5-4-10(7-13(12)20-21-16)15-3-2-6-24-15/h2-7,11,14,17,19H,8-9H2,1H3,(H,20,21)/t11-,14+,17?/m0/s1. The first kappa shape index (κ1) is 14.3. The molecule has 0 spiro atoms. The van der Waals surface area contributed by atoms with Crippen molar-refractivity contribution < 1.29 is 4.79 Å². The second-order valence-electron chi connectivity index (χ2n) is 6.69. The number of rotatable bonds is 3. The van der Waals surface area contributed by atoms with Crippen molar-refractivity contribution in [2.24, 2.45) is 0 Å². The van der Waals surface area contributed by atoms with Crippen LogP contribution in [0.5, 0.6) is 0 Å². The second-order valence-corrected chi connectivity index (χ2v) is 7.64. The topological polar surface area (TPSA) is 61.0 Å². The van der Waals surface area contributed by atoms with Crippen LogP contribution in [0.25, 0.3) is 21.3 Å². The van der Waals surface area contributed by atoms with Crippen LogP contribution in [0.4, 0.5) is 0 Å². The lowest BCUT2D eigenvalue weighted by Crippen LogP contribution is -2.53. The van der Waals surface area contributed by atoms with Gasteiger partial charge >= 0.3 is 0 Å². The molecule has 2 bridgehead atoms. The molecule has 24 heavy (non-hydrogen) atoms. The number of likely N-dealkylation sites (tertiary alicyclic amines) is 1. The monoisotopic (exact) mass is 338 g/mol. The number of H-pyrrole nitrogens is 1. The van der Waals surface area contributed by atoms with Crippen molar-refractivity contribution in [3.63, 3.8) is 0 Å². The molecule has 6 heteroatoms. The minimum atomic E-state index is -0.104. The van der Waals surface area contributed by atoms with E-state index in [4.69, 9.17) is 0 Å². The number of Topliss-reactive ketones (excluding diaryl/α,β-unsaturated/α-hetero) is 1. The zero-order valence-electron chi connectivity index (χ0n) is 13.3. The Morgan fingerprint density at radius 2 is 2.29 bits per heavy atom. The summed E-state index contributed by atoms with van der Waals surface area (Å²) in [5.74, 6) is 0.118. The van der Waals surface area contributed by atoms with Crippen molar-refractivity contribution in [2.75, 3.05) is 13.6 Å². The molecule has 2 aliphatic heterocycles. The van der Waals surface area contributed by atoms with Gasteiger partial charge in [0, 0.05) is 28.9 Å². The fraction of sp³-hybridized carbons (Fsp3) is 0.333. The lowest BCUT2D eigenvalue weighted by Gasteiger charge is -2.30. The van der Waals surface area contributed by atoms with Gasteiger partial charge in [0.15, 0.2) is 0 Å². The summed E-state index contributed by atoms with van der Waals surface area (Å²) in [6.45, 7) is 0.983. The molecule has 1 aromatic carbocycles. The van der Waals surface area contributed by atoms with Gasteiger partial charge in [0.2, 0.25) is 5.78 Å². The molecule has 3 atom stereocenters. The normalized spacial score (nSPS) is 26.5. The number of piperazine rings is 1. The van der Waals surface area contributed by atoms with E-state index < -0.39 is 0 Å². The number of carbonyl (C=O) groups is 1. The van der Waals surface area contributed by atoms with Gasteiger partial charge < -0.3 is 5.32 Å². The van der Waals surface area contributed by atoms with Crippen LogP contribution < -0.4 is 5.32 Å². The molecule has 2 fully saturated rings. The first-order valence-corrected chi connectivity index (χ1v) is 9.12. The summed E-state index contributed by atoms with van der Waals surface area (Å²) < 4.78 is 0. The van der Waals surface area contributed by atoms with Crippen molar-refractivity contribution in [3.8, 4) is 10.4 Å². The lowest BCUT2D eigenvalue weighted by atomic mass is 10.00. The molecule has 3 aromatic rings. The van der Waals surface area contributed by atoms with Crippen LogP contribution >= 0.6 is 11.3 Å². The van der Waals surface area contributed by atoms with Gasteiger partial charge in [0.25, 0.3) is 0 Å². The van der Waals surface area contributed by atoms with E-state index >= 15 is 0 Å². The lowest BCUT2D eigenvalue weighted by molar-refractivity contribution is 0.0811. The van der Waals surface area contributed by atoms with Crippen molar-refractivity contribution in [1.82, 2.24) is 20.4 Å². The number of nitrogens with zero attached hydrogens (tertiary/aromatic N) is 2. The van der Waals surface area contributed by atoms with Crippen molar-refractivity contribution in [2.45, 2.75) is 24.5 Å². The van der Waals surface area contributed by atoms with E-state index in [1.165, 1.54) is 4.88 Å². The summed E-state index contributed by atoms with van der Waals surface area (Å²) >= 11 is 1.71. The van der Waals surface area contributed by atoms with E-state index in [2.05, 4.69) is 51.0 Å². The maximum Gasteiger partial charge on any atom is 0.202 e. The van der Waals surface area contributed by atoms with Crippen LogP contribution in [0.3, 0.4) is 0 Å². The molecule has 4 heterocycles. The maximum atomic E-state index is 13.1. The van der Waals surface area contributed by atoms with Crippen LogP contribution in [-0.2, 0) is 0 Å². The van der Waals surface area contributed by atoms with E-state index in [0.29, 0.717) is 11.7 Å². The van der Waals surface area contributed by atoms with Gasteiger partial charge in [-0.25, -0.2) is 0 Å². The number of aromatic nitrogens is 2. The van der Waals surface area contributed by atoms with E-state index in [-0.39, 0.29) is 17.9 Å². The Bertz CT molecular complexity index is 914. The van der Waals surface area contributed by atoms with Crippen molar-refractivity contribution >= 4 is 28.0 Å². The molecule has 0 radical (unpaired) electrons. The third-order valence-corrected chi connectivity index (χ3v) is 6.33. The number of aromatic amines is 1. The number of ketones is 1. The van der Waals surface area contributed by atoms with E-state index in [9.17, 15) is 4.79 Å². The third kappa shape index (κ3) is 2.00. The first-order chi connectivity index (χ1) is 11.7. The number of thiophene rings is 1. The minimum absolute atomic E-state index is 0.104. The highest BCUT2D eigenvalue weighted by Crippen LogP contribution is 2.32. The fourth-order valence-electron chi connectivity index (χ4n) is 4.12. The first-order valence-electron chi connectivity index (χ1n) is 8.24. The molecular weight excluding hydrogens is 320 g/mol. The number of carbonyl (C=O) groups excluding carboxylic acids is 1. The number of fused-ring (bicyclic) bond motifs is 3. The average Bonchev–Trinajstić information content (AvgIpc) is 3.36. The summed E-state index contributed by atoms with van der Waals surface area (Å²) in [7, 11) is 2.05. The maximum absolute atomic E-state index is 13.1. The molecule has 2 saturated heterocycles. The molecule has 5 rings (SSSR count). The van der Waals surface area contributed by atoms with Crippen LogP contribution in [0.2, 0.25) is 0 Å². The quantitative estimate of drug-likeness (QED) is 0.721. The van der Waals surface area contributed by atoms with Gasteiger partial charge in [-0.1, -0.05) is 12.1 Å². The molecule has 2 aliphatic rings. The highest BCUT2D eigenvalue weighted by molar-refractivity contribution is 7.13. The zero-order chi connectivity index (χ0) is 16.3. The van der Waals surface area contributed by atoms with Gasteiger partial charge in [0.1, 0.15) is 5.69 Å². The summed E-state index contributed by atoms with van der Waals surface area (Å²) in [4.78, 5) is 16.5. The highest BCUT2D eigenvalue weighted by Gasteiger charge is 2.48. The summed E-state index contributed by atoms with van der Waals surface area (Å²) in [5.41, 5.74) is 2.64. The number of hydrogen-bond acceptors (Lipinski definition) is 5. The van der Waals surface area contributed by atoms with Crippen LogP contribution in [0, 0.1) is 0 Å². The molecule has 122 valence electrons. The van der Waals surface area contributed by atoms with Crippen molar-refractivity contribution in [3.05, 3.63) is 41.4 Å². The Labute approximate surface area is 143 Å². The second kappa shape index (κ2) is 5.24. The summed E-state index contributed by atoms with van der Waals surface area (Å²) in [6.07, 6.45) is 1.05. The van der Waals surface area contributed by atoms with E-state index in [1.54, 1.807) is 11.3 Å². The Hall–Kier alpha value is -2.02. The third-order valence-electron chi connectivity index (χ3n) is 5.41. The van der Waals surface area contributed by atoms with Gasteiger partial charge in [-0.15, -0.1) is 11.3 Å². The molecule has 0 amide bonds. The fourth-order valence-corrected chi connectivity index (χ4v) is 4.84. The molecule has 2 N–H and O–H groups in total. The van der Waals surface area contributed by atoms with Gasteiger partial charge in [-0.2, -0.15) is 5.10 Å². The Morgan fingerprint density at radius 3 is 3.04 bits per heavy atom. The Balaban J connectivity index is 1.52. The molecule has 0 saturated carbocycles. The summed E-state index contributed by atoms with van der Waals surface area (Å²) in [6, 6.07) is 10.9. The number of benzene rings is 1. The number of nitrogens with one attached hydrogen (secondary N) is 2. The van der Waals surface area contributed by atoms with Crippen LogP contribution in [-0.4, -0.2) is 52.6 Å². The minimum Gasteiger partial charge on any atom is -0.310 e. The smallest absolute Gasteiger partial charge is 0.202 e. The number of likely N-dealkylation sites (N-methyl/N-ethyl adjacent to an activating group) is 1. The van der Waals surface area contributed by atoms with Crippen molar-refractivity contribution in [1.29, 1.82) is 0 Å². The molecule has 0 aliphatic carbocycles. The SMILES string of the molecule is CN1C(C(=O)c2n[nH]c3cc(-c4cccs4)ccc23)[C@H]2C[C@H]1CN2. The van der Waals surface area contributed by atoms with Gasteiger partial charge in [-0.3, -0.25) is 14.8 Å².